The number of rotatable bonds is 3. The molecule has 0 saturated carbocycles. The Labute approximate surface area is 137 Å². The summed E-state index contributed by atoms with van der Waals surface area (Å²) < 4.78 is 38.1. The normalized spacial score (nSPS) is 16.8. The lowest BCUT2D eigenvalue weighted by Crippen LogP contribution is -2.26. The Kier molecular flexibility index (Phi) is 4.30. The minimum atomic E-state index is -4.34. The van der Waals surface area contributed by atoms with Crippen molar-refractivity contribution in [3.63, 3.8) is 0 Å². The van der Waals surface area contributed by atoms with Crippen molar-refractivity contribution in [1.29, 1.82) is 0 Å². The van der Waals surface area contributed by atoms with Crippen LogP contribution in [-0.2, 0) is 17.4 Å². The second kappa shape index (κ2) is 6.26. The number of amides is 1. The van der Waals surface area contributed by atoms with Crippen molar-refractivity contribution in [2.24, 2.45) is 0 Å². The Morgan fingerprint density at radius 1 is 1.25 bits per heavy atom. The summed E-state index contributed by atoms with van der Waals surface area (Å²) in [6, 6.07) is 5.03. The average Bonchev–Trinajstić information content (AvgIpc) is 2.97. The van der Waals surface area contributed by atoms with Gasteiger partial charge in [0, 0.05) is 24.4 Å². The third-order valence-corrected chi connectivity index (χ3v) is 4.33. The van der Waals surface area contributed by atoms with Gasteiger partial charge in [-0.1, -0.05) is 19.1 Å². The molecule has 1 N–H and O–H groups in total. The van der Waals surface area contributed by atoms with Gasteiger partial charge >= 0.3 is 6.18 Å². The van der Waals surface area contributed by atoms with Gasteiger partial charge in [0.05, 0.1) is 11.6 Å². The van der Waals surface area contributed by atoms with E-state index in [2.05, 4.69) is 10.3 Å². The number of pyridine rings is 1. The van der Waals surface area contributed by atoms with Crippen molar-refractivity contribution in [2.45, 2.75) is 38.4 Å². The second-order valence-corrected chi connectivity index (χ2v) is 5.84. The molecule has 1 atom stereocenters. The fraction of sp³-hybridized carbons (Fsp3) is 0.333. The van der Waals surface area contributed by atoms with Crippen molar-refractivity contribution >= 4 is 5.91 Å². The highest BCUT2D eigenvalue weighted by atomic mass is 19.4. The number of hydrogen-bond donors (Lipinski definition) is 1. The molecule has 0 unspecified atom stereocenters. The Morgan fingerprint density at radius 2 is 1.96 bits per heavy atom. The van der Waals surface area contributed by atoms with Crippen LogP contribution < -0.4 is 5.32 Å². The molecule has 126 valence electrons. The average molecular weight is 334 g/mol. The Balaban J connectivity index is 1.93. The smallest absolute Gasteiger partial charge is 0.349 e. The van der Waals surface area contributed by atoms with Crippen LogP contribution in [0.25, 0.3) is 11.1 Å². The van der Waals surface area contributed by atoms with Crippen LogP contribution in [0.3, 0.4) is 0 Å². The molecule has 3 rings (SSSR count). The van der Waals surface area contributed by atoms with Gasteiger partial charge in [-0.15, -0.1) is 0 Å². The number of carbonyl (C=O) groups is 1. The van der Waals surface area contributed by atoms with E-state index in [4.69, 9.17) is 0 Å². The Hall–Kier alpha value is -2.37. The van der Waals surface area contributed by atoms with Crippen LogP contribution in [0.5, 0.6) is 0 Å². The molecule has 0 spiro atoms. The van der Waals surface area contributed by atoms with E-state index >= 15 is 0 Å². The summed E-state index contributed by atoms with van der Waals surface area (Å²) in [6.07, 6.45) is 1.02. The lowest BCUT2D eigenvalue weighted by atomic mass is 9.98. The summed E-state index contributed by atoms with van der Waals surface area (Å²) in [4.78, 5) is 15.8. The molecule has 0 radical (unpaired) electrons. The first kappa shape index (κ1) is 16.5. The van der Waals surface area contributed by atoms with Gasteiger partial charge in [-0.05, 0) is 41.7 Å². The highest BCUT2D eigenvalue weighted by Crippen LogP contribution is 2.38. The summed E-state index contributed by atoms with van der Waals surface area (Å²) in [5.41, 5.74) is 2.87. The van der Waals surface area contributed by atoms with Crippen LogP contribution >= 0.6 is 0 Å². The van der Waals surface area contributed by atoms with E-state index < -0.39 is 11.7 Å². The van der Waals surface area contributed by atoms with E-state index in [0.717, 1.165) is 41.7 Å². The Bertz CT molecular complexity index is 754. The molecule has 1 heterocycles. The standard InChI is InChI=1S/C18H17F3N2O/c1-2-17(24)23-16-8-7-13-14(9-22-10-15(13)16)11-3-5-12(6-4-11)18(19,20)21/h3-6,9-10,16H,2,7-8H2,1H3,(H,23,24)/t16-/m0/s1. The van der Waals surface area contributed by atoms with Gasteiger partial charge in [0.1, 0.15) is 0 Å². The summed E-state index contributed by atoms with van der Waals surface area (Å²) in [6.45, 7) is 1.79. The molecule has 1 aromatic heterocycles. The number of benzene rings is 1. The van der Waals surface area contributed by atoms with Crippen molar-refractivity contribution in [2.75, 3.05) is 0 Å². The van der Waals surface area contributed by atoms with E-state index in [0.29, 0.717) is 12.0 Å². The molecule has 1 aromatic carbocycles. The van der Waals surface area contributed by atoms with Crippen LogP contribution in [-0.4, -0.2) is 10.9 Å². The molecule has 0 aliphatic heterocycles. The zero-order valence-electron chi connectivity index (χ0n) is 13.2. The lowest BCUT2D eigenvalue weighted by molar-refractivity contribution is -0.137. The summed E-state index contributed by atoms with van der Waals surface area (Å²) in [5.74, 6) is -0.0206. The SMILES string of the molecule is CCC(=O)N[C@H]1CCc2c(-c3ccc(C(F)(F)F)cc3)cncc21. The quantitative estimate of drug-likeness (QED) is 0.910. The zero-order valence-corrected chi connectivity index (χ0v) is 13.2. The maximum absolute atomic E-state index is 12.7. The lowest BCUT2D eigenvalue weighted by Gasteiger charge is -2.14. The molecule has 24 heavy (non-hydrogen) atoms. The van der Waals surface area contributed by atoms with Gasteiger partial charge < -0.3 is 5.32 Å². The second-order valence-electron chi connectivity index (χ2n) is 5.84. The van der Waals surface area contributed by atoms with Crippen molar-refractivity contribution < 1.29 is 18.0 Å². The van der Waals surface area contributed by atoms with Gasteiger partial charge in [0.2, 0.25) is 5.91 Å². The number of nitrogens with one attached hydrogen (secondary N) is 1. The van der Waals surface area contributed by atoms with Crippen LogP contribution in [0.4, 0.5) is 13.2 Å². The van der Waals surface area contributed by atoms with Crippen LogP contribution in [0.1, 0.15) is 42.5 Å². The minimum absolute atomic E-state index is 0.0206. The number of hydrogen-bond acceptors (Lipinski definition) is 2. The number of alkyl halides is 3. The molecule has 0 fully saturated rings. The molecular formula is C18H17F3N2O. The van der Waals surface area contributed by atoms with Gasteiger partial charge in [-0.2, -0.15) is 13.2 Å². The summed E-state index contributed by atoms with van der Waals surface area (Å²) in [7, 11) is 0. The number of aromatic nitrogens is 1. The summed E-state index contributed by atoms with van der Waals surface area (Å²) >= 11 is 0. The molecule has 1 aliphatic carbocycles. The first-order valence-corrected chi connectivity index (χ1v) is 7.84. The number of nitrogens with zero attached hydrogens (tertiary/aromatic N) is 1. The summed E-state index contributed by atoms with van der Waals surface area (Å²) in [5, 5.41) is 2.96. The topological polar surface area (TPSA) is 42.0 Å². The first-order chi connectivity index (χ1) is 11.4. The largest absolute Gasteiger partial charge is 0.416 e. The van der Waals surface area contributed by atoms with Gasteiger partial charge in [0.15, 0.2) is 0 Å². The third-order valence-electron chi connectivity index (χ3n) is 4.33. The third kappa shape index (κ3) is 3.13. The maximum atomic E-state index is 12.7. The predicted octanol–water partition coefficient (Wildman–Crippen LogP) is 4.28. The molecule has 0 bridgehead atoms. The zero-order chi connectivity index (χ0) is 17.3. The molecule has 3 nitrogen and oxygen atoms in total. The molecule has 1 aliphatic rings. The highest BCUT2D eigenvalue weighted by Gasteiger charge is 2.30. The van der Waals surface area contributed by atoms with Crippen molar-refractivity contribution in [3.8, 4) is 11.1 Å². The predicted molar refractivity (Wildman–Crippen MR) is 84.2 cm³/mol. The number of fused-ring (bicyclic) bond motifs is 1. The monoisotopic (exact) mass is 334 g/mol. The molecular weight excluding hydrogens is 317 g/mol. The van der Waals surface area contributed by atoms with E-state index in [1.807, 2.05) is 0 Å². The first-order valence-electron chi connectivity index (χ1n) is 7.84. The number of carbonyl (C=O) groups excluding carboxylic acids is 1. The molecule has 1 amide bonds. The van der Waals surface area contributed by atoms with Crippen LogP contribution in [0.15, 0.2) is 36.7 Å². The van der Waals surface area contributed by atoms with Crippen LogP contribution in [0, 0.1) is 0 Å². The molecule has 6 heteroatoms. The van der Waals surface area contributed by atoms with Gasteiger partial charge in [-0.3, -0.25) is 9.78 Å². The molecule has 2 aromatic rings. The van der Waals surface area contributed by atoms with E-state index in [1.165, 1.54) is 12.1 Å². The maximum Gasteiger partial charge on any atom is 0.416 e. The van der Waals surface area contributed by atoms with Crippen molar-refractivity contribution in [3.05, 3.63) is 53.3 Å². The van der Waals surface area contributed by atoms with E-state index in [-0.39, 0.29) is 11.9 Å². The van der Waals surface area contributed by atoms with Gasteiger partial charge in [-0.25, -0.2) is 0 Å². The molecule has 0 saturated heterocycles. The Morgan fingerprint density at radius 3 is 2.58 bits per heavy atom. The van der Waals surface area contributed by atoms with Crippen LogP contribution in [0.2, 0.25) is 0 Å². The fourth-order valence-corrected chi connectivity index (χ4v) is 3.06. The van der Waals surface area contributed by atoms with E-state index in [1.54, 1.807) is 19.3 Å². The van der Waals surface area contributed by atoms with Gasteiger partial charge in [0.25, 0.3) is 0 Å². The highest BCUT2D eigenvalue weighted by molar-refractivity contribution is 5.77. The number of halogens is 3. The van der Waals surface area contributed by atoms with E-state index in [9.17, 15) is 18.0 Å². The van der Waals surface area contributed by atoms with Crippen molar-refractivity contribution in [1.82, 2.24) is 10.3 Å². The minimum Gasteiger partial charge on any atom is -0.349 e. The fourth-order valence-electron chi connectivity index (χ4n) is 3.06.